The van der Waals surface area contributed by atoms with Gasteiger partial charge in [0.15, 0.2) is 5.78 Å². The number of Topliss-reactive ketones (excluding diaryl/α,β-unsaturated/α-hetero) is 1. The molecular formula is C23H27N3O. The van der Waals surface area contributed by atoms with Crippen molar-refractivity contribution in [1.29, 1.82) is 0 Å². The third-order valence-electron chi connectivity index (χ3n) is 5.55. The first-order chi connectivity index (χ1) is 13.0. The SMILES string of the molecule is Cc1cccc(N2CCN(CC(=O)c3c[nH]c4ccc(C)cc34)C[C@@H]2C)c1. The molecule has 1 atom stereocenters. The van der Waals surface area contributed by atoms with Crippen LogP contribution in [0.2, 0.25) is 0 Å². The first-order valence-corrected chi connectivity index (χ1v) is 9.68. The summed E-state index contributed by atoms with van der Waals surface area (Å²) < 4.78 is 0. The maximum absolute atomic E-state index is 12.9. The molecule has 0 radical (unpaired) electrons. The topological polar surface area (TPSA) is 39.3 Å². The number of H-pyrrole nitrogens is 1. The maximum atomic E-state index is 12.9. The molecule has 140 valence electrons. The van der Waals surface area contributed by atoms with Crippen LogP contribution in [0, 0.1) is 13.8 Å². The number of piperazine rings is 1. The highest BCUT2D eigenvalue weighted by Crippen LogP contribution is 2.23. The van der Waals surface area contributed by atoms with E-state index in [9.17, 15) is 4.79 Å². The third kappa shape index (κ3) is 3.62. The average molecular weight is 361 g/mol. The summed E-state index contributed by atoms with van der Waals surface area (Å²) in [4.78, 5) is 20.9. The van der Waals surface area contributed by atoms with Crippen LogP contribution in [-0.2, 0) is 0 Å². The number of nitrogens with one attached hydrogen (secondary N) is 1. The highest BCUT2D eigenvalue weighted by Gasteiger charge is 2.26. The number of carbonyl (C=O) groups is 1. The first-order valence-electron chi connectivity index (χ1n) is 9.68. The Morgan fingerprint density at radius 2 is 1.93 bits per heavy atom. The van der Waals surface area contributed by atoms with E-state index in [0.29, 0.717) is 12.6 Å². The number of benzene rings is 2. The van der Waals surface area contributed by atoms with Crippen LogP contribution >= 0.6 is 0 Å². The molecule has 1 N–H and O–H groups in total. The summed E-state index contributed by atoms with van der Waals surface area (Å²) in [5.74, 6) is 0.197. The summed E-state index contributed by atoms with van der Waals surface area (Å²) >= 11 is 0. The van der Waals surface area contributed by atoms with E-state index in [1.54, 1.807) is 0 Å². The van der Waals surface area contributed by atoms with E-state index in [1.165, 1.54) is 16.8 Å². The lowest BCUT2D eigenvalue weighted by atomic mass is 10.1. The van der Waals surface area contributed by atoms with E-state index in [1.807, 2.05) is 12.3 Å². The molecule has 0 amide bonds. The quantitative estimate of drug-likeness (QED) is 0.709. The highest BCUT2D eigenvalue weighted by molar-refractivity contribution is 6.08. The normalized spacial score (nSPS) is 18.2. The molecule has 2 heterocycles. The molecule has 0 bridgehead atoms. The van der Waals surface area contributed by atoms with Crippen molar-refractivity contribution in [2.24, 2.45) is 0 Å². The molecule has 0 saturated carbocycles. The van der Waals surface area contributed by atoms with Gasteiger partial charge in [0, 0.05) is 54.0 Å². The zero-order valence-electron chi connectivity index (χ0n) is 16.3. The van der Waals surface area contributed by atoms with E-state index < -0.39 is 0 Å². The van der Waals surface area contributed by atoms with Gasteiger partial charge in [-0.1, -0.05) is 23.8 Å². The maximum Gasteiger partial charge on any atom is 0.178 e. The minimum Gasteiger partial charge on any atom is -0.366 e. The molecule has 0 unspecified atom stereocenters. The van der Waals surface area contributed by atoms with Crippen LogP contribution < -0.4 is 4.90 Å². The van der Waals surface area contributed by atoms with E-state index in [2.05, 4.69) is 72.0 Å². The number of carbonyl (C=O) groups excluding carboxylic acids is 1. The Hall–Kier alpha value is -2.59. The Bertz CT molecular complexity index is 975. The monoisotopic (exact) mass is 361 g/mol. The zero-order chi connectivity index (χ0) is 19.0. The van der Waals surface area contributed by atoms with E-state index >= 15 is 0 Å². The lowest BCUT2D eigenvalue weighted by Gasteiger charge is -2.41. The lowest BCUT2D eigenvalue weighted by Crippen LogP contribution is -2.53. The zero-order valence-corrected chi connectivity index (χ0v) is 16.3. The summed E-state index contributed by atoms with van der Waals surface area (Å²) in [6, 6.07) is 15.3. The van der Waals surface area contributed by atoms with Crippen molar-refractivity contribution in [3.8, 4) is 0 Å². The number of aryl methyl sites for hydroxylation is 2. The molecule has 1 aliphatic heterocycles. The molecule has 1 aliphatic rings. The van der Waals surface area contributed by atoms with Gasteiger partial charge in [-0.15, -0.1) is 0 Å². The second-order valence-electron chi connectivity index (χ2n) is 7.79. The van der Waals surface area contributed by atoms with Crippen LogP contribution in [0.4, 0.5) is 5.69 Å². The smallest absolute Gasteiger partial charge is 0.178 e. The van der Waals surface area contributed by atoms with Gasteiger partial charge in [-0.3, -0.25) is 9.69 Å². The van der Waals surface area contributed by atoms with E-state index in [4.69, 9.17) is 0 Å². The molecule has 1 fully saturated rings. The number of aromatic nitrogens is 1. The third-order valence-corrected chi connectivity index (χ3v) is 5.55. The van der Waals surface area contributed by atoms with E-state index in [-0.39, 0.29) is 5.78 Å². The van der Waals surface area contributed by atoms with Gasteiger partial charge in [0.1, 0.15) is 0 Å². The second kappa shape index (κ2) is 7.20. The fourth-order valence-electron chi connectivity index (χ4n) is 4.12. The molecule has 1 aromatic heterocycles. The van der Waals surface area contributed by atoms with Crippen LogP contribution in [0.1, 0.15) is 28.4 Å². The molecule has 4 rings (SSSR count). The first kappa shape index (κ1) is 17.8. The molecule has 3 aromatic rings. The van der Waals surface area contributed by atoms with Crippen molar-refractivity contribution in [2.45, 2.75) is 26.8 Å². The molecule has 27 heavy (non-hydrogen) atoms. The molecule has 0 spiro atoms. The Morgan fingerprint density at radius 1 is 1.11 bits per heavy atom. The molecule has 4 nitrogen and oxygen atoms in total. The Kier molecular flexibility index (Phi) is 4.75. The van der Waals surface area contributed by atoms with E-state index in [0.717, 1.165) is 36.1 Å². The Balaban J connectivity index is 1.45. The van der Waals surface area contributed by atoms with Crippen molar-refractivity contribution >= 4 is 22.4 Å². The highest BCUT2D eigenvalue weighted by atomic mass is 16.1. The van der Waals surface area contributed by atoms with Crippen molar-refractivity contribution in [3.05, 3.63) is 65.4 Å². The molecular weight excluding hydrogens is 334 g/mol. The summed E-state index contributed by atoms with van der Waals surface area (Å²) in [5, 5.41) is 1.03. The summed E-state index contributed by atoms with van der Waals surface area (Å²) in [6.07, 6.45) is 1.86. The minimum atomic E-state index is 0.197. The predicted molar refractivity (Wildman–Crippen MR) is 112 cm³/mol. The fraction of sp³-hybridized carbons (Fsp3) is 0.348. The van der Waals surface area contributed by atoms with Crippen molar-refractivity contribution < 1.29 is 4.79 Å². The number of hydrogen-bond acceptors (Lipinski definition) is 3. The molecule has 2 aromatic carbocycles. The molecule has 0 aliphatic carbocycles. The van der Waals surface area contributed by atoms with Crippen LogP contribution in [-0.4, -0.2) is 47.9 Å². The van der Waals surface area contributed by atoms with Crippen LogP contribution in [0.25, 0.3) is 10.9 Å². The number of rotatable bonds is 4. The van der Waals surface area contributed by atoms with Gasteiger partial charge in [0.25, 0.3) is 0 Å². The van der Waals surface area contributed by atoms with Crippen molar-refractivity contribution in [3.63, 3.8) is 0 Å². The van der Waals surface area contributed by atoms with Gasteiger partial charge in [-0.25, -0.2) is 0 Å². The number of ketones is 1. The molecule has 4 heteroatoms. The van der Waals surface area contributed by atoms with Crippen molar-refractivity contribution in [1.82, 2.24) is 9.88 Å². The van der Waals surface area contributed by atoms with Crippen LogP contribution in [0.5, 0.6) is 0 Å². The minimum absolute atomic E-state index is 0.197. The van der Waals surface area contributed by atoms with Gasteiger partial charge >= 0.3 is 0 Å². The Labute approximate surface area is 160 Å². The largest absolute Gasteiger partial charge is 0.366 e. The van der Waals surface area contributed by atoms with Gasteiger partial charge in [0.2, 0.25) is 0 Å². The van der Waals surface area contributed by atoms with Crippen LogP contribution in [0.3, 0.4) is 0 Å². The number of nitrogens with zero attached hydrogens (tertiary/aromatic N) is 2. The van der Waals surface area contributed by atoms with Gasteiger partial charge in [-0.05, 0) is 50.6 Å². The number of anilines is 1. The summed E-state index contributed by atoms with van der Waals surface area (Å²) in [5.41, 5.74) is 5.58. The lowest BCUT2D eigenvalue weighted by molar-refractivity contribution is 0.0919. The average Bonchev–Trinajstić information content (AvgIpc) is 3.05. The van der Waals surface area contributed by atoms with Crippen LogP contribution in [0.15, 0.2) is 48.7 Å². The predicted octanol–water partition coefficient (Wildman–Crippen LogP) is 4.18. The second-order valence-corrected chi connectivity index (χ2v) is 7.79. The molecule has 1 saturated heterocycles. The Morgan fingerprint density at radius 3 is 2.70 bits per heavy atom. The number of hydrogen-bond donors (Lipinski definition) is 1. The van der Waals surface area contributed by atoms with Crippen molar-refractivity contribution in [2.75, 3.05) is 31.1 Å². The standard InChI is InChI=1S/C23H27N3O/c1-16-5-4-6-19(11-16)26-10-9-25(14-18(26)3)15-23(27)21-13-24-22-8-7-17(2)12-20(21)22/h4-8,11-13,18,24H,9-10,14-15H2,1-3H3/t18-/m0/s1. The number of aromatic amines is 1. The van der Waals surface area contributed by atoms with Gasteiger partial charge in [-0.2, -0.15) is 0 Å². The summed E-state index contributed by atoms with van der Waals surface area (Å²) in [6.45, 7) is 9.68. The van der Waals surface area contributed by atoms with Gasteiger partial charge < -0.3 is 9.88 Å². The summed E-state index contributed by atoms with van der Waals surface area (Å²) in [7, 11) is 0. The fourth-order valence-corrected chi connectivity index (χ4v) is 4.12. The van der Waals surface area contributed by atoms with Gasteiger partial charge in [0.05, 0.1) is 6.54 Å². The number of fused-ring (bicyclic) bond motifs is 1.